The van der Waals surface area contributed by atoms with Crippen molar-refractivity contribution in [1.29, 1.82) is 0 Å². The van der Waals surface area contributed by atoms with Gasteiger partial charge in [0.2, 0.25) is 0 Å². The Kier molecular flexibility index (Phi) is 6.91. The Labute approximate surface area is 120 Å². The number of aromatic hydroxyl groups is 1. The van der Waals surface area contributed by atoms with Crippen LogP contribution in [0.2, 0.25) is 0 Å². The highest BCUT2D eigenvalue weighted by molar-refractivity contribution is 6.01. The van der Waals surface area contributed by atoms with E-state index in [1.165, 1.54) is 6.07 Å². The summed E-state index contributed by atoms with van der Waals surface area (Å²) in [5.74, 6) is 0.726. The molecule has 0 saturated carbocycles. The molecule has 0 aliphatic rings. The monoisotopic (exact) mass is 280 g/mol. The Morgan fingerprint density at radius 2 is 1.90 bits per heavy atom. The second kappa shape index (κ2) is 8.46. The van der Waals surface area contributed by atoms with Crippen molar-refractivity contribution < 1.29 is 19.4 Å². The lowest BCUT2D eigenvalue weighted by molar-refractivity contribution is 0.0981. The largest absolute Gasteiger partial charge is 0.507 e. The first kappa shape index (κ1) is 16.3. The maximum Gasteiger partial charge on any atom is 0.170 e. The molecule has 1 aromatic rings. The average Bonchev–Trinajstić information content (AvgIpc) is 2.43. The summed E-state index contributed by atoms with van der Waals surface area (Å²) in [5.41, 5.74) is 0.257. The van der Waals surface area contributed by atoms with E-state index in [9.17, 15) is 9.90 Å². The molecule has 0 radical (unpaired) electrons. The van der Waals surface area contributed by atoms with E-state index in [4.69, 9.17) is 9.47 Å². The minimum absolute atomic E-state index is 0.0757. The predicted molar refractivity (Wildman–Crippen MR) is 78.9 cm³/mol. The van der Waals surface area contributed by atoms with Gasteiger partial charge in [-0.25, -0.2) is 0 Å². The first-order valence-electron chi connectivity index (χ1n) is 7.29. The number of phenols is 1. The fraction of sp³-hybridized carbons (Fsp3) is 0.562. The highest BCUT2D eigenvalue weighted by atomic mass is 16.5. The summed E-state index contributed by atoms with van der Waals surface area (Å²) in [4.78, 5) is 11.9. The summed E-state index contributed by atoms with van der Waals surface area (Å²) < 4.78 is 11.0. The van der Waals surface area contributed by atoms with Gasteiger partial charge in [0.25, 0.3) is 0 Å². The molecule has 20 heavy (non-hydrogen) atoms. The second-order valence-electron chi connectivity index (χ2n) is 4.58. The third-order valence-corrected chi connectivity index (χ3v) is 2.97. The van der Waals surface area contributed by atoms with Crippen LogP contribution in [0.5, 0.6) is 17.2 Å². The smallest absolute Gasteiger partial charge is 0.170 e. The standard InChI is InChI=1S/C16H24O4/c1-4-7-8-9-20-15-11-12(19-6-3)10-14(18)16(15)13(17)5-2/h10-11,18H,4-9H2,1-3H3. The molecule has 1 rings (SSSR count). The second-order valence-corrected chi connectivity index (χ2v) is 4.58. The van der Waals surface area contributed by atoms with E-state index in [0.717, 1.165) is 19.3 Å². The van der Waals surface area contributed by atoms with Crippen LogP contribution >= 0.6 is 0 Å². The van der Waals surface area contributed by atoms with Crippen LogP contribution in [0.4, 0.5) is 0 Å². The highest BCUT2D eigenvalue weighted by Crippen LogP contribution is 2.34. The van der Waals surface area contributed by atoms with Gasteiger partial charge in [0.05, 0.1) is 13.2 Å². The lowest BCUT2D eigenvalue weighted by Crippen LogP contribution is -2.06. The van der Waals surface area contributed by atoms with Gasteiger partial charge in [0, 0.05) is 18.6 Å². The van der Waals surface area contributed by atoms with Crippen LogP contribution in [0.15, 0.2) is 12.1 Å². The van der Waals surface area contributed by atoms with E-state index in [0.29, 0.717) is 31.1 Å². The Hall–Kier alpha value is -1.71. The van der Waals surface area contributed by atoms with Crippen LogP contribution in [0.1, 0.15) is 56.8 Å². The number of benzene rings is 1. The van der Waals surface area contributed by atoms with E-state index in [-0.39, 0.29) is 17.1 Å². The molecule has 4 heteroatoms. The first-order chi connectivity index (χ1) is 9.63. The van der Waals surface area contributed by atoms with Crippen molar-refractivity contribution in [2.75, 3.05) is 13.2 Å². The number of rotatable bonds is 9. The molecule has 0 amide bonds. The molecular formula is C16H24O4. The lowest BCUT2D eigenvalue weighted by atomic mass is 10.1. The summed E-state index contributed by atoms with van der Waals surface area (Å²) in [5, 5.41) is 10.0. The molecule has 0 unspecified atom stereocenters. The molecule has 0 spiro atoms. The normalized spacial score (nSPS) is 10.3. The molecule has 0 aliphatic heterocycles. The van der Waals surface area contributed by atoms with Crippen molar-refractivity contribution in [3.05, 3.63) is 17.7 Å². The van der Waals surface area contributed by atoms with Gasteiger partial charge < -0.3 is 14.6 Å². The highest BCUT2D eigenvalue weighted by Gasteiger charge is 2.18. The fourth-order valence-electron chi connectivity index (χ4n) is 1.93. The molecule has 1 aromatic carbocycles. The maximum absolute atomic E-state index is 11.9. The first-order valence-corrected chi connectivity index (χ1v) is 7.29. The summed E-state index contributed by atoms with van der Waals surface area (Å²) in [6.07, 6.45) is 3.44. The molecule has 0 aromatic heterocycles. The molecule has 0 aliphatic carbocycles. The van der Waals surface area contributed by atoms with Crippen molar-refractivity contribution in [1.82, 2.24) is 0 Å². The van der Waals surface area contributed by atoms with Crippen LogP contribution < -0.4 is 9.47 Å². The number of unbranched alkanes of at least 4 members (excludes halogenated alkanes) is 2. The summed E-state index contributed by atoms with van der Waals surface area (Å²) >= 11 is 0. The number of ether oxygens (including phenoxy) is 2. The number of ketones is 1. The topological polar surface area (TPSA) is 55.8 Å². The molecule has 112 valence electrons. The van der Waals surface area contributed by atoms with Gasteiger partial charge in [0.1, 0.15) is 22.8 Å². The molecular weight excluding hydrogens is 256 g/mol. The predicted octanol–water partition coefficient (Wildman–Crippen LogP) is 3.95. The van der Waals surface area contributed by atoms with E-state index in [1.807, 2.05) is 6.92 Å². The van der Waals surface area contributed by atoms with Gasteiger partial charge in [0.15, 0.2) is 5.78 Å². The molecule has 1 N–H and O–H groups in total. The molecule has 0 atom stereocenters. The van der Waals surface area contributed by atoms with E-state index in [1.54, 1.807) is 13.0 Å². The SMILES string of the molecule is CCCCCOc1cc(OCC)cc(O)c1C(=O)CC. The number of hydrogen-bond acceptors (Lipinski definition) is 4. The van der Waals surface area contributed by atoms with Crippen molar-refractivity contribution in [2.24, 2.45) is 0 Å². The maximum atomic E-state index is 11.9. The fourth-order valence-corrected chi connectivity index (χ4v) is 1.93. The summed E-state index contributed by atoms with van der Waals surface area (Å²) in [6, 6.07) is 3.14. The zero-order chi connectivity index (χ0) is 15.0. The third-order valence-electron chi connectivity index (χ3n) is 2.97. The van der Waals surface area contributed by atoms with E-state index in [2.05, 4.69) is 6.92 Å². The minimum atomic E-state index is -0.129. The van der Waals surface area contributed by atoms with Gasteiger partial charge >= 0.3 is 0 Å². The zero-order valence-electron chi connectivity index (χ0n) is 12.6. The van der Waals surface area contributed by atoms with Gasteiger partial charge in [-0.3, -0.25) is 4.79 Å². The van der Waals surface area contributed by atoms with Gasteiger partial charge in [-0.05, 0) is 13.3 Å². The number of carbonyl (C=O) groups excluding carboxylic acids is 1. The minimum Gasteiger partial charge on any atom is -0.507 e. The van der Waals surface area contributed by atoms with Crippen LogP contribution in [-0.2, 0) is 0 Å². The Balaban J connectivity index is 2.98. The molecule has 0 fully saturated rings. The van der Waals surface area contributed by atoms with E-state index >= 15 is 0 Å². The van der Waals surface area contributed by atoms with Crippen molar-refractivity contribution in [3.8, 4) is 17.2 Å². The van der Waals surface area contributed by atoms with Crippen molar-refractivity contribution >= 4 is 5.78 Å². The van der Waals surface area contributed by atoms with Crippen LogP contribution in [0, 0.1) is 0 Å². The third kappa shape index (κ3) is 4.44. The molecule has 0 bridgehead atoms. The molecule has 0 saturated heterocycles. The van der Waals surface area contributed by atoms with Gasteiger partial charge in [-0.2, -0.15) is 0 Å². The van der Waals surface area contributed by atoms with Crippen LogP contribution in [0.3, 0.4) is 0 Å². The number of carbonyl (C=O) groups is 1. The number of hydrogen-bond donors (Lipinski definition) is 1. The summed E-state index contributed by atoms with van der Waals surface area (Å²) in [6.45, 7) is 6.78. The average molecular weight is 280 g/mol. The number of phenolic OH excluding ortho intramolecular Hbond substituents is 1. The molecule has 4 nitrogen and oxygen atoms in total. The Morgan fingerprint density at radius 3 is 2.50 bits per heavy atom. The Morgan fingerprint density at radius 1 is 1.15 bits per heavy atom. The van der Waals surface area contributed by atoms with Crippen molar-refractivity contribution in [2.45, 2.75) is 46.5 Å². The lowest BCUT2D eigenvalue weighted by Gasteiger charge is -2.14. The van der Waals surface area contributed by atoms with Crippen LogP contribution in [0.25, 0.3) is 0 Å². The Bertz CT molecular complexity index is 440. The summed E-state index contributed by atoms with van der Waals surface area (Å²) in [7, 11) is 0. The quantitative estimate of drug-likeness (QED) is 0.549. The van der Waals surface area contributed by atoms with Crippen molar-refractivity contribution in [3.63, 3.8) is 0 Å². The molecule has 0 heterocycles. The van der Waals surface area contributed by atoms with Gasteiger partial charge in [-0.1, -0.05) is 26.7 Å². The van der Waals surface area contributed by atoms with Gasteiger partial charge in [-0.15, -0.1) is 0 Å². The van der Waals surface area contributed by atoms with E-state index < -0.39 is 0 Å². The zero-order valence-corrected chi connectivity index (χ0v) is 12.6. The number of Topliss-reactive ketones (excluding diaryl/α,β-unsaturated/α-hetero) is 1. The van der Waals surface area contributed by atoms with Crippen LogP contribution in [-0.4, -0.2) is 24.1 Å².